The van der Waals surface area contributed by atoms with Gasteiger partial charge >= 0.3 is 5.69 Å². The van der Waals surface area contributed by atoms with Crippen molar-refractivity contribution in [1.82, 2.24) is 14.9 Å². The van der Waals surface area contributed by atoms with E-state index in [1.165, 1.54) is 12.1 Å². The minimum Gasteiger partial charge on any atom is -0.359 e. The van der Waals surface area contributed by atoms with Gasteiger partial charge in [0, 0.05) is 24.9 Å². The lowest BCUT2D eigenvalue weighted by atomic mass is 10.1. The molecule has 132 valence electrons. The molecule has 0 amide bonds. The Kier molecular flexibility index (Phi) is 4.34. The van der Waals surface area contributed by atoms with Crippen molar-refractivity contribution in [3.63, 3.8) is 0 Å². The number of thioether (sulfide) groups is 1. The third kappa shape index (κ3) is 3.28. The first-order chi connectivity index (χ1) is 12.6. The van der Waals surface area contributed by atoms with E-state index in [9.17, 15) is 9.18 Å². The Balaban J connectivity index is 1.49. The molecule has 0 atom stereocenters. The number of hydrogen-bond acceptors (Lipinski definition) is 5. The summed E-state index contributed by atoms with van der Waals surface area (Å²) in [6.07, 6.45) is 0. The number of nitrogens with one attached hydrogen (secondary N) is 2. The number of amidine groups is 1. The van der Waals surface area contributed by atoms with Crippen LogP contribution < -0.4 is 11.0 Å². The van der Waals surface area contributed by atoms with Crippen LogP contribution in [-0.4, -0.2) is 26.2 Å². The van der Waals surface area contributed by atoms with Gasteiger partial charge in [-0.1, -0.05) is 30.0 Å². The van der Waals surface area contributed by atoms with Crippen molar-refractivity contribution in [1.29, 1.82) is 0 Å². The number of benzene rings is 2. The predicted octanol–water partition coefficient (Wildman–Crippen LogP) is 2.60. The summed E-state index contributed by atoms with van der Waals surface area (Å²) in [6, 6.07) is 12.1. The lowest BCUT2D eigenvalue weighted by Crippen LogP contribution is -2.24. The summed E-state index contributed by atoms with van der Waals surface area (Å²) in [4.78, 5) is 14.5. The maximum Gasteiger partial charge on any atom is 0.326 e. The molecule has 0 saturated carbocycles. The highest BCUT2D eigenvalue weighted by molar-refractivity contribution is 8.14. The summed E-state index contributed by atoms with van der Waals surface area (Å²) < 4.78 is 14.5. The summed E-state index contributed by atoms with van der Waals surface area (Å²) >= 11 is 1.56. The second-order valence-electron chi connectivity index (χ2n) is 5.94. The molecule has 4 rings (SSSR count). The fraction of sp³-hybridized carbons (Fsp3) is 0.167. The SMILES string of the molecule is Cn1c(=O)[nH]c2cc(C3=NN=C(NCc4ccc(F)cc4)SC3)ccc21. The summed E-state index contributed by atoms with van der Waals surface area (Å²) in [5.74, 6) is 0.432. The highest BCUT2D eigenvalue weighted by Gasteiger charge is 2.14. The number of aryl methyl sites for hydroxylation is 1. The van der Waals surface area contributed by atoms with Crippen LogP contribution in [0.1, 0.15) is 11.1 Å². The van der Waals surface area contributed by atoms with Crippen LogP contribution in [0.3, 0.4) is 0 Å². The monoisotopic (exact) mass is 369 g/mol. The van der Waals surface area contributed by atoms with E-state index in [-0.39, 0.29) is 11.5 Å². The minimum absolute atomic E-state index is 0.137. The van der Waals surface area contributed by atoms with E-state index in [4.69, 9.17) is 0 Å². The van der Waals surface area contributed by atoms with Gasteiger partial charge in [-0.3, -0.25) is 4.57 Å². The molecule has 0 unspecified atom stereocenters. The number of fused-ring (bicyclic) bond motifs is 1. The van der Waals surface area contributed by atoms with E-state index < -0.39 is 0 Å². The zero-order chi connectivity index (χ0) is 18.1. The van der Waals surface area contributed by atoms with E-state index >= 15 is 0 Å². The number of imidazole rings is 1. The molecule has 2 heterocycles. The van der Waals surface area contributed by atoms with E-state index in [1.54, 1.807) is 35.5 Å². The van der Waals surface area contributed by atoms with Crippen LogP contribution in [0.25, 0.3) is 11.0 Å². The lowest BCUT2D eigenvalue weighted by Gasteiger charge is -2.13. The molecule has 2 N–H and O–H groups in total. The van der Waals surface area contributed by atoms with Crippen LogP contribution in [0.2, 0.25) is 0 Å². The van der Waals surface area contributed by atoms with Gasteiger partial charge in [0.05, 0.1) is 16.7 Å². The molecule has 8 heteroatoms. The molecule has 1 aliphatic heterocycles. The Bertz CT molecular complexity index is 1080. The third-order valence-electron chi connectivity index (χ3n) is 4.20. The first kappa shape index (κ1) is 16.6. The first-order valence-electron chi connectivity index (χ1n) is 8.05. The quantitative estimate of drug-likeness (QED) is 0.745. The molecule has 6 nitrogen and oxygen atoms in total. The number of rotatable bonds is 3. The van der Waals surface area contributed by atoms with E-state index in [2.05, 4.69) is 20.5 Å². The Labute approximate surface area is 152 Å². The smallest absolute Gasteiger partial charge is 0.326 e. The minimum atomic E-state index is -0.246. The van der Waals surface area contributed by atoms with Crippen LogP contribution in [-0.2, 0) is 13.6 Å². The van der Waals surface area contributed by atoms with Gasteiger partial charge in [0.2, 0.25) is 0 Å². The fourth-order valence-electron chi connectivity index (χ4n) is 2.72. The Morgan fingerprint density at radius 1 is 1.23 bits per heavy atom. The average Bonchev–Trinajstić information content (AvgIpc) is 2.95. The van der Waals surface area contributed by atoms with Gasteiger partial charge in [-0.25, -0.2) is 9.18 Å². The van der Waals surface area contributed by atoms with Crippen molar-refractivity contribution in [3.8, 4) is 0 Å². The number of hydrogen-bond donors (Lipinski definition) is 2. The van der Waals surface area contributed by atoms with Crippen molar-refractivity contribution in [2.45, 2.75) is 6.54 Å². The number of aromatic nitrogens is 2. The largest absolute Gasteiger partial charge is 0.359 e. The van der Waals surface area contributed by atoms with Gasteiger partial charge in [-0.15, -0.1) is 5.10 Å². The summed E-state index contributed by atoms with van der Waals surface area (Å²) in [6.45, 7) is 0.564. The zero-order valence-corrected chi connectivity index (χ0v) is 14.8. The molecule has 2 aromatic carbocycles. The summed E-state index contributed by atoms with van der Waals surface area (Å²) in [5, 5.41) is 12.5. The Hall–Kier alpha value is -2.87. The van der Waals surface area contributed by atoms with Gasteiger partial charge < -0.3 is 10.3 Å². The standard InChI is InChI=1S/C18H16FN5OS/c1-24-16-7-4-12(8-14(16)21-18(24)25)15-10-26-17(23-22-15)20-9-11-2-5-13(19)6-3-11/h2-8H,9-10H2,1H3,(H,20,23)(H,21,25). The second-order valence-corrected chi connectivity index (χ2v) is 6.91. The van der Waals surface area contributed by atoms with Crippen molar-refractivity contribution >= 4 is 33.7 Å². The van der Waals surface area contributed by atoms with Gasteiger partial charge in [0.1, 0.15) is 5.82 Å². The maximum atomic E-state index is 12.9. The van der Waals surface area contributed by atoms with Gasteiger partial charge in [-0.2, -0.15) is 5.10 Å². The number of H-pyrrole nitrogens is 1. The molecule has 0 saturated heterocycles. The number of nitrogens with zero attached hydrogens (tertiary/aromatic N) is 3. The Morgan fingerprint density at radius 3 is 2.77 bits per heavy atom. The highest BCUT2D eigenvalue weighted by atomic mass is 32.2. The fourth-order valence-corrected chi connectivity index (χ4v) is 3.49. The second kappa shape index (κ2) is 6.80. The van der Waals surface area contributed by atoms with Crippen molar-refractivity contribution in [2.24, 2.45) is 17.3 Å². The topological polar surface area (TPSA) is 74.5 Å². The van der Waals surface area contributed by atoms with Crippen molar-refractivity contribution in [2.75, 3.05) is 5.75 Å². The average molecular weight is 369 g/mol. The highest BCUT2D eigenvalue weighted by Crippen LogP contribution is 2.18. The summed E-state index contributed by atoms with van der Waals surface area (Å²) in [7, 11) is 1.73. The zero-order valence-electron chi connectivity index (χ0n) is 14.0. The van der Waals surface area contributed by atoms with Crippen LogP contribution in [0.15, 0.2) is 57.5 Å². The van der Waals surface area contributed by atoms with E-state index in [0.717, 1.165) is 33.0 Å². The molecule has 0 aliphatic carbocycles. The van der Waals surface area contributed by atoms with Gasteiger partial charge in [0.15, 0.2) is 5.17 Å². The first-order valence-corrected chi connectivity index (χ1v) is 9.03. The van der Waals surface area contributed by atoms with Gasteiger partial charge in [-0.05, 0) is 29.8 Å². The molecule has 0 fully saturated rings. The van der Waals surface area contributed by atoms with Crippen LogP contribution in [0.4, 0.5) is 4.39 Å². The number of halogens is 1. The molecular formula is C18H16FN5OS. The van der Waals surface area contributed by atoms with Crippen molar-refractivity contribution in [3.05, 3.63) is 69.9 Å². The van der Waals surface area contributed by atoms with Crippen molar-refractivity contribution < 1.29 is 4.39 Å². The lowest BCUT2D eigenvalue weighted by molar-refractivity contribution is 0.627. The van der Waals surface area contributed by atoms with Crippen LogP contribution in [0.5, 0.6) is 0 Å². The molecule has 1 aliphatic rings. The van der Waals surface area contributed by atoms with E-state index in [1.807, 2.05) is 18.2 Å². The molecular weight excluding hydrogens is 353 g/mol. The normalized spacial score (nSPS) is 14.2. The molecule has 26 heavy (non-hydrogen) atoms. The predicted molar refractivity (Wildman–Crippen MR) is 103 cm³/mol. The van der Waals surface area contributed by atoms with Crippen LogP contribution >= 0.6 is 11.8 Å². The van der Waals surface area contributed by atoms with Crippen LogP contribution in [0, 0.1) is 5.82 Å². The maximum absolute atomic E-state index is 12.9. The molecule has 0 radical (unpaired) electrons. The van der Waals surface area contributed by atoms with Gasteiger partial charge in [0.25, 0.3) is 0 Å². The molecule has 0 spiro atoms. The van der Waals surface area contributed by atoms with E-state index in [0.29, 0.717) is 12.3 Å². The summed E-state index contributed by atoms with van der Waals surface area (Å²) in [5.41, 5.74) is 4.27. The third-order valence-corrected chi connectivity index (χ3v) is 5.12. The molecule has 1 aromatic heterocycles. The number of aromatic amines is 1. The molecule has 0 bridgehead atoms. The molecule has 3 aromatic rings. The Morgan fingerprint density at radius 2 is 2.04 bits per heavy atom.